The maximum atomic E-state index is 13.0. The first-order valence-corrected chi connectivity index (χ1v) is 12.3. The van der Waals surface area contributed by atoms with Gasteiger partial charge in [0.05, 0.1) is 25.2 Å². The predicted octanol–water partition coefficient (Wildman–Crippen LogP) is 5.31. The average molecular weight is 536 g/mol. The van der Waals surface area contributed by atoms with Gasteiger partial charge in [0.1, 0.15) is 23.7 Å². The number of hydrogen-bond donors (Lipinski definition) is 0. The number of hydrogen-bond acceptors (Lipinski definition) is 9. The summed E-state index contributed by atoms with van der Waals surface area (Å²) in [4.78, 5) is 41.4. The number of benzene rings is 1. The molecule has 0 amide bonds. The highest BCUT2D eigenvalue weighted by Crippen LogP contribution is 2.32. The van der Waals surface area contributed by atoms with Crippen molar-refractivity contribution >= 4 is 29.3 Å². The zero-order chi connectivity index (χ0) is 27.7. The highest BCUT2D eigenvalue weighted by atomic mass is 35.5. The van der Waals surface area contributed by atoms with Crippen molar-refractivity contribution < 1.29 is 38.1 Å². The number of pyridine rings is 1. The number of Topliss-reactive ketones (excluding diaryl/α,β-unsaturated/α-hetero) is 1. The van der Waals surface area contributed by atoms with Crippen LogP contribution >= 0.6 is 11.6 Å². The summed E-state index contributed by atoms with van der Waals surface area (Å²) in [6.07, 6.45) is 0.717. The minimum absolute atomic E-state index is 0.0831. The van der Waals surface area contributed by atoms with Crippen molar-refractivity contribution in [3.8, 4) is 23.0 Å². The van der Waals surface area contributed by atoms with Gasteiger partial charge in [-0.2, -0.15) is 0 Å². The van der Waals surface area contributed by atoms with Crippen LogP contribution in [0.4, 0.5) is 0 Å². The molecule has 0 saturated carbocycles. The number of ketones is 1. The van der Waals surface area contributed by atoms with Crippen molar-refractivity contribution in [2.24, 2.45) is 11.8 Å². The van der Waals surface area contributed by atoms with Gasteiger partial charge in [0.2, 0.25) is 5.75 Å². The maximum absolute atomic E-state index is 13.0. The minimum Gasteiger partial charge on any atom is -0.495 e. The second-order valence-electron chi connectivity index (χ2n) is 9.04. The Kier molecular flexibility index (Phi) is 11.2. The molecule has 9 nitrogen and oxygen atoms in total. The van der Waals surface area contributed by atoms with Gasteiger partial charge in [0.25, 0.3) is 0 Å². The van der Waals surface area contributed by atoms with Gasteiger partial charge >= 0.3 is 11.9 Å². The van der Waals surface area contributed by atoms with E-state index in [1.54, 1.807) is 32.0 Å². The molecule has 1 aromatic heterocycles. The molecule has 0 aliphatic heterocycles. The fourth-order valence-corrected chi connectivity index (χ4v) is 3.75. The molecule has 0 fully saturated rings. The number of esters is 2. The van der Waals surface area contributed by atoms with Crippen LogP contribution in [0.25, 0.3) is 0 Å². The van der Waals surface area contributed by atoms with Crippen molar-refractivity contribution in [2.45, 2.75) is 59.7 Å². The number of ether oxygens (including phenoxy) is 5. The highest BCUT2D eigenvalue weighted by molar-refractivity contribution is 6.32. The number of carbonyl (C=O) groups is 3. The van der Waals surface area contributed by atoms with E-state index in [-0.39, 0.29) is 29.5 Å². The molecule has 1 aromatic carbocycles. The normalized spacial score (nSPS) is 13.3. The predicted molar refractivity (Wildman–Crippen MR) is 138 cm³/mol. The van der Waals surface area contributed by atoms with Gasteiger partial charge in [-0.15, -0.1) is 0 Å². The zero-order valence-electron chi connectivity index (χ0n) is 22.2. The van der Waals surface area contributed by atoms with Gasteiger partial charge in [-0.1, -0.05) is 32.4 Å². The largest absolute Gasteiger partial charge is 0.495 e. The summed E-state index contributed by atoms with van der Waals surface area (Å²) in [5.41, 5.74) is -0.0973. The molecule has 3 atom stereocenters. The molecule has 0 aliphatic rings. The Balaban J connectivity index is 2.12. The van der Waals surface area contributed by atoms with Gasteiger partial charge < -0.3 is 23.7 Å². The van der Waals surface area contributed by atoms with E-state index >= 15 is 0 Å². The molecule has 10 heteroatoms. The third kappa shape index (κ3) is 8.63. The Hall–Kier alpha value is -3.33. The Morgan fingerprint density at radius 1 is 1.00 bits per heavy atom. The number of methoxy groups -OCH3 is 2. The Morgan fingerprint density at radius 2 is 1.68 bits per heavy atom. The summed E-state index contributed by atoms with van der Waals surface area (Å²) in [6, 6.07) is 6.53. The smallest absolute Gasteiger partial charge is 0.309 e. The molecule has 202 valence electrons. The van der Waals surface area contributed by atoms with Gasteiger partial charge in [-0.25, -0.2) is 4.98 Å². The van der Waals surface area contributed by atoms with Crippen LogP contribution in [0.5, 0.6) is 23.0 Å². The SMILES string of the molecule is COc1cc(O[C@H](CC(C)C)[C@H](C)OC(=O)[C@H](C)CC(=O)c2nccc(OC)c2OC(C)=O)ccc1Cl. The van der Waals surface area contributed by atoms with Crippen LogP contribution < -0.4 is 18.9 Å². The van der Waals surface area contributed by atoms with E-state index in [1.807, 2.05) is 13.8 Å². The van der Waals surface area contributed by atoms with Crippen LogP contribution in [0.15, 0.2) is 30.5 Å². The van der Waals surface area contributed by atoms with Gasteiger partial charge in [-0.05, 0) is 31.4 Å². The summed E-state index contributed by atoms with van der Waals surface area (Å²) >= 11 is 6.11. The van der Waals surface area contributed by atoms with E-state index in [2.05, 4.69) is 4.98 Å². The lowest BCUT2D eigenvalue weighted by molar-refractivity contribution is -0.157. The highest BCUT2D eigenvalue weighted by Gasteiger charge is 2.29. The van der Waals surface area contributed by atoms with Crippen molar-refractivity contribution in [3.63, 3.8) is 0 Å². The summed E-state index contributed by atoms with van der Waals surface area (Å²) in [5, 5.41) is 0.454. The van der Waals surface area contributed by atoms with Crippen LogP contribution in [0, 0.1) is 11.8 Å². The molecular formula is C27H34ClNO8. The molecule has 0 aliphatic carbocycles. The molecule has 0 spiro atoms. The summed E-state index contributed by atoms with van der Waals surface area (Å²) in [7, 11) is 2.90. The van der Waals surface area contributed by atoms with Gasteiger partial charge in [0, 0.05) is 31.7 Å². The molecule has 1 heterocycles. The molecule has 0 N–H and O–H groups in total. The lowest BCUT2D eigenvalue weighted by Crippen LogP contribution is -2.36. The fraction of sp³-hybridized carbons (Fsp3) is 0.481. The lowest BCUT2D eigenvalue weighted by Gasteiger charge is -2.27. The number of nitrogens with zero attached hydrogens (tertiary/aromatic N) is 1. The van der Waals surface area contributed by atoms with Crippen LogP contribution in [0.1, 0.15) is 57.9 Å². The molecule has 2 rings (SSSR count). The number of aromatic nitrogens is 1. The van der Waals surface area contributed by atoms with Crippen molar-refractivity contribution in [2.75, 3.05) is 14.2 Å². The molecule has 0 unspecified atom stereocenters. The minimum atomic E-state index is -0.788. The first kappa shape index (κ1) is 29.9. The van der Waals surface area contributed by atoms with E-state index in [9.17, 15) is 14.4 Å². The lowest BCUT2D eigenvalue weighted by atomic mass is 10.0. The third-order valence-electron chi connectivity index (χ3n) is 5.43. The van der Waals surface area contributed by atoms with E-state index in [0.717, 1.165) is 0 Å². The summed E-state index contributed by atoms with van der Waals surface area (Å²) in [6.45, 7) is 8.61. The van der Waals surface area contributed by atoms with Gasteiger partial charge in [-0.3, -0.25) is 14.4 Å². The molecular weight excluding hydrogens is 502 g/mol. The van der Waals surface area contributed by atoms with Crippen LogP contribution in [-0.2, 0) is 14.3 Å². The topological polar surface area (TPSA) is 110 Å². The first-order chi connectivity index (χ1) is 17.5. The van der Waals surface area contributed by atoms with Crippen LogP contribution in [0.3, 0.4) is 0 Å². The third-order valence-corrected chi connectivity index (χ3v) is 5.74. The van der Waals surface area contributed by atoms with Crippen molar-refractivity contribution in [1.82, 2.24) is 4.98 Å². The Morgan fingerprint density at radius 3 is 2.27 bits per heavy atom. The van der Waals surface area contributed by atoms with E-state index in [4.69, 9.17) is 35.3 Å². The molecule has 0 saturated heterocycles. The fourth-order valence-electron chi connectivity index (χ4n) is 3.55. The molecule has 2 aromatic rings. The molecule has 0 bridgehead atoms. The molecule has 0 radical (unpaired) electrons. The summed E-state index contributed by atoms with van der Waals surface area (Å²) < 4.78 is 27.4. The van der Waals surface area contributed by atoms with Gasteiger partial charge in [0.15, 0.2) is 17.2 Å². The second kappa shape index (κ2) is 13.8. The van der Waals surface area contributed by atoms with Crippen LogP contribution in [-0.4, -0.2) is 49.1 Å². The first-order valence-electron chi connectivity index (χ1n) is 11.9. The standard InChI is InChI=1S/C27H34ClNO8/c1-15(2)12-23(37-19-8-9-20(28)24(14-19)34-7)17(4)35-27(32)16(3)13-21(31)25-26(36-18(5)30)22(33-6)10-11-29-25/h8-11,14-17,23H,12-13H2,1-7H3/t16-,17+,23-/m1/s1. The molecule has 37 heavy (non-hydrogen) atoms. The number of carbonyl (C=O) groups excluding carboxylic acids is 3. The summed E-state index contributed by atoms with van der Waals surface area (Å²) in [5.74, 6) is -1.11. The van der Waals surface area contributed by atoms with Crippen LogP contribution in [0.2, 0.25) is 5.02 Å². The second-order valence-corrected chi connectivity index (χ2v) is 9.44. The average Bonchev–Trinajstić information content (AvgIpc) is 2.83. The monoisotopic (exact) mass is 535 g/mol. The number of halogens is 1. The van der Waals surface area contributed by atoms with E-state index in [1.165, 1.54) is 33.4 Å². The Labute approximate surface area is 222 Å². The number of rotatable bonds is 13. The quantitative estimate of drug-likeness (QED) is 0.249. The van der Waals surface area contributed by atoms with E-state index in [0.29, 0.717) is 22.9 Å². The zero-order valence-corrected chi connectivity index (χ0v) is 23.0. The van der Waals surface area contributed by atoms with Crippen molar-refractivity contribution in [3.05, 3.63) is 41.2 Å². The van der Waals surface area contributed by atoms with E-state index < -0.39 is 35.8 Å². The maximum Gasteiger partial charge on any atom is 0.309 e. The van der Waals surface area contributed by atoms with Crippen molar-refractivity contribution in [1.29, 1.82) is 0 Å². The Bertz CT molecular complexity index is 1100.